The van der Waals surface area contributed by atoms with Crippen LogP contribution in [0.3, 0.4) is 0 Å². The van der Waals surface area contributed by atoms with Gasteiger partial charge in [-0.1, -0.05) is 23.7 Å². The van der Waals surface area contributed by atoms with Gasteiger partial charge in [0, 0.05) is 11.6 Å². The number of aromatic nitrogens is 4. The van der Waals surface area contributed by atoms with E-state index in [1.165, 1.54) is 5.56 Å². The molecule has 20 heavy (non-hydrogen) atoms. The number of benzene rings is 1. The number of anilines is 1. The lowest BCUT2D eigenvalue weighted by Gasteiger charge is -2.06. The molecule has 0 radical (unpaired) electrons. The van der Waals surface area contributed by atoms with Gasteiger partial charge in [0.1, 0.15) is 11.8 Å². The Balaban J connectivity index is 1.71. The molecule has 0 atom stereocenters. The zero-order chi connectivity index (χ0) is 13.9. The Bertz CT molecular complexity index is 737. The van der Waals surface area contributed by atoms with Crippen LogP contribution in [0.2, 0.25) is 5.02 Å². The van der Waals surface area contributed by atoms with Crippen LogP contribution < -0.4 is 5.32 Å². The molecule has 0 unspecified atom stereocenters. The van der Waals surface area contributed by atoms with E-state index in [9.17, 15) is 0 Å². The zero-order valence-electron chi connectivity index (χ0n) is 11.0. The van der Waals surface area contributed by atoms with E-state index in [0.717, 1.165) is 40.5 Å². The van der Waals surface area contributed by atoms with Crippen molar-refractivity contribution in [3.05, 3.63) is 46.9 Å². The van der Waals surface area contributed by atoms with E-state index >= 15 is 0 Å². The number of halogens is 1. The fourth-order valence-electron chi connectivity index (χ4n) is 2.10. The van der Waals surface area contributed by atoms with Gasteiger partial charge in [-0.2, -0.15) is 5.10 Å². The minimum absolute atomic E-state index is 0.751. The van der Waals surface area contributed by atoms with E-state index in [-0.39, 0.29) is 0 Å². The van der Waals surface area contributed by atoms with Crippen LogP contribution in [-0.2, 0) is 6.42 Å². The summed E-state index contributed by atoms with van der Waals surface area (Å²) in [7, 11) is 0. The highest BCUT2D eigenvalue weighted by Gasteiger charge is 2.08. The molecule has 2 N–H and O–H groups in total. The predicted molar refractivity (Wildman–Crippen MR) is 80.1 cm³/mol. The van der Waals surface area contributed by atoms with Crippen LogP contribution in [0, 0.1) is 6.92 Å². The summed E-state index contributed by atoms with van der Waals surface area (Å²) in [6, 6.07) is 7.86. The number of aromatic amines is 1. The highest BCUT2D eigenvalue weighted by Crippen LogP contribution is 2.18. The molecule has 0 fully saturated rings. The first-order valence-electron chi connectivity index (χ1n) is 6.38. The van der Waals surface area contributed by atoms with E-state index in [1.54, 1.807) is 6.33 Å². The van der Waals surface area contributed by atoms with Crippen LogP contribution in [0.15, 0.2) is 30.6 Å². The second-order valence-corrected chi connectivity index (χ2v) is 5.01. The van der Waals surface area contributed by atoms with Gasteiger partial charge in [0.25, 0.3) is 0 Å². The number of aryl methyl sites for hydroxylation is 1. The lowest BCUT2D eigenvalue weighted by molar-refractivity contribution is 1.00. The molecule has 2 aromatic heterocycles. The molecule has 0 spiro atoms. The van der Waals surface area contributed by atoms with E-state index in [4.69, 9.17) is 11.6 Å². The van der Waals surface area contributed by atoms with Gasteiger partial charge in [-0.05, 0) is 31.0 Å². The van der Waals surface area contributed by atoms with Crippen molar-refractivity contribution in [3.63, 3.8) is 0 Å². The maximum absolute atomic E-state index is 5.97. The number of H-pyrrole nitrogens is 1. The van der Waals surface area contributed by atoms with Crippen LogP contribution in [0.25, 0.3) is 11.0 Å². The number of hydrogen-bond donors (Lipinski definition) is 2. The molecule has 6 heteroatoms. The minimum atomic E-state index is 0.751. The predicted octanol–water partition coefficient (Wildman–Crippen LogP) is 2.97. The highest BCUT2D eigenvalue weighted by atomic mass is 35.5. The summed E-state index contributed by atoms with van der Waals surface area (Å²) in [5.74, 6) is 0.751. The number of fused-ring (bicyclic) bond motifs is 1. The minimum Gasteiger partial charge on any atom is -0.368 e. The molecule has 2 heterocycles. The Morgan fingerprint density at radius 1 is 1.25 bits per heavy atom. The zero-order valence-corrected chi connectivity index (χ0v) is 11.8. The summed E-state index contributed by atoms with van der Waals surface area (Å²) in [6.07, 6.45) is 2.42. The van der Waals surface area contributed by atoms with Crippen LogP contribution >= 0.6 is 11.6 Å². The van der Waals surface area contributed by atoms with Crippen LogP contribution in [0.4, 0.5) is 5.82 Å². The van der Waals surface area contributed by atoms with Gasteiger partial charge in [0.2, 0.25) is 0 Å². The maximum Gasteiger partial charge on any atom is 0.157 e. The third kappa shape index (κ3) is 2.58. The summed E-state index contributed by atoms with van der Waals surface area (Å²) in [6.45, 7) is 2.70. The van der Waals surface area contributed by atoms with Gasteiger partial charge >= 0.3 is 0 Å². The Hall–Kier alpha value is -2.14. The smallest absolute Gasteiger partial charge is 0.157 e. The van der Waals surface area contributed by atoms with Gasteiger partial charge in [-0.3, -0.25) is 5.10 Å². The lowest BCUT2D eigenvalue weighted by Crippen LogP contribution is -2.07. The van der Waals surface area contributed by atoms with Gasteiger partial charge < -0.3 is 5.32 Å². The Kier molecular flexibility index (Phi) is 3.52. The lowest BCUT2D eigenvalue weighted by atomic mass is 10.1. The van der Waals surface area contributed by atoms with E-state index in [2.05, 4.69) is 31.5 Å². The molecule has 0 saturated heterocycles. The molecule has 5 nitrogen and oxygen atoms in total. The molecule has 102 valence electrons. The summed E-state index contributed by atoms with van der Waals surface area (Å²) in [5, 5.41) is 11.2. The third-order valence-corrected chi connectivity index (χ3v) is 3.34. The average Bonchev–Trinajstić information content (AvgIpc) is 2.82. The van der Waals surface area contributed by atoms with Gasteiger partial charge in [0.05, 0.1) is 5.69 Å². The van der Waals surface area contributed by atoms with Gasteiger partial charge in [-0.25, -0.2) is 9.97 Å². The standard InChI is InChI=1S/C14H14ClN5/c1-9-12-13(20-19-9)14(18-8-17-12)16-6-5-10-3-2-4-11(15)7-10/h2-4,7-8H,5-6H2,1H3,(H,19,20)(H,16,17,18). The second kappa shape index (κ2) is 5.46. The summed E-state index contributed by atoms with van der Waals surface area (Å²) < 4.78 is 0. The second-order valence-electron chi connectivity index (χ2n) is 4.57. The van der Waals surface area contributed by atoms with Gasteiger partial charge in [-0.15, -0.1) is 0 Å². The van der Waals surface area contributed by atoms with Crippen LogP contribution in [0.5, 0.6) is 0 Å². The number of nitrogens with zero attached hydrogens (tertiary/aromatic N) is 3. The van der Waals surface area contributed by atoms with Crippen molar-refractivity contribution in [2.75, 3.05) is 11.9 Å². The monoisotopic (exact) mass is 287 g/mol. The largest absolute Gasteiger partial charge is 0.368 e. The molecule has 3 rings (SSSR count). The Labute approximate surface area is 121 Å². The molecule has 0 aliphatic carbocycles. The Morgan fingerprint density at radius 2 is 2.15 bits per heavy atom. The molecule has 0 saturated carbocycles. The van der Waals surface area contributed by atoms with Crippen molar-refractivity contribution in [1.82, 2.24) is 20.2 Å². The Morgan fingerprint density at radius 3 is 3.00 bits per heavy atom. The normalized spacial score (nSPS) is 10.9. The number of hydrogen-bond acceptors (Lipinski definition) is 4. The molecular weight excluding hydrogens is 274 g/mol. The van der Waals surface area contributed by atoms with E-state index in [0.29, 0.717) is 0 Å². The van der Waals surface area contributed by atoms with Crippen LogP contribution in [0.1, 0.15) is 11.3 Å². The quantitative estimate of drug-likeness (QED) is 0.774. The number of nitrogens with one attached hydrogen (secondary N) is 2. The molecule has 0 amide bonds. The van der Waals surface area contributed by atoms with Crippen molar-refractivity contribution < 1.29 is 0 Å². The van der Waals surface area contributed by atoms with Gasteiger partial charge in [0.15, 0.2) is 11.3 Å². The molecule has 0 bridgehead atoms. The highest BCUT2D eigenvalue weighted by molar-refractivity contribution is 6.30. The third-order valence-electron chi connectivity index (χ3n) is 3.11. The molecular formula is C14H14ClN5. The van der Waals surface area contributed by atoms with Crippen molar-refractivity contribution in [2.45, 2.75) is 13.3 Å². The average molecular weight is 288 g/mol. The van der Waals surface area contributed by atoms with Crippen LogP contribution in [-0.4, -0.2) is 26.7 Å². The molecule has 1 aromatic carbocycles. The van der Waals surface area contributed by atoms with Crippen molar-refractivity contribution in [2.24, 2.45) is 0 Å². The SMILES string of the molecule is Cc1[nH]nc2c(NCCc3cccc(Cl)c3)ncnc12. The van der Waals surface area contributed by atoms with Crippen molar-refractivity contribution in [3.8, 4) is 0 Å². The summed E-state index contributed by atoms with van der Waals surface area (Å²) in [5.41, 5.74) is 3.76. The van der Waals surface area contributed by atoms with E-state index < -0.39 is 0 Å². The summed E-state index contributed by atoms with van der Waals surface area (Å²) in [4.78, 5) is 8.46. The first-order chi connectivity index (χ1) is 9.74. The maximum atomic E-state index is 5.97. The summed E-state index contributed by atoms with van der Waals surface area (Å²) >= 11 is 5.97. The number of rotatable bonds is 4. The first kappa shape index (κ1) is 12.9. The van der Waals surface area contributed by atoms with E-state index in [1.807, 2.05) is 25.1 Å². The van der Waals surface area contributed by atoms with Crippen molar-refractivity contribution >= 4 is 28.5 Å². The first-order valence-corrected chi connectivity index (χ1v) is 6.76. The molecule has 0 aliphatic heterocycles. The van der Waals surface area contributed by atoms with Crippen molar-refractivity contribution in [1.29, 1.82) is 0 Å². The fourth-order valence-corrected chi connectivity index (χ4v) is 2.31. The fraction of sp³-hybridized carbons (Fsp3) is 0.214. The topological polar surface area (TPSA) is 66.5 Å². The molecule has 3 aromatic rings. The molecule has 0 aliphatic rings.